The molecule has 0 amide bonds. The van der Waals surface area contributed by atoms with E-state index in [0.717, 1.165) is 18.5 Å². The molecular formula is C15H24N2O3. The van der Waals surface area contributed by atoms with E-state index < -0.39 is 0 Å². The standard InChI is InChI=1S/C15H24N2O3/c1-17-6-5-10(9-16)14(17)11-7-12(18-2)15(20-4)13(8-11)19-3/h7-8,10,14H,5-6,9,16H2,1-4H3. The fraction of sp³-hybridized carbons (Fsp3) is 0.600. The molecule has 1 aromatic rings. The number of nitrogens with two attached hydrogens (primary N) is 1. The lowest BCUT2D eigenvalue weighted by molar-refractivity contribution is 0.275. The summed E-state index contributed by atoms with van der Waals surface area (Å²) in [7, 11) is 7.02. The second-order valence-corrected chi connectivity index (χ2v) is 5.17. The molecule has 0 aromatic heterocycles. The smallest absolute Gasteiger partial charge is 0.203 e. The Kier molecular flexibility index (Phi) is 4.73. The quantitative estimate of drug-likeness (QED) is 0.889. The van der Waals surface area contributed by atoms with Crippen molar-refractivity contribution < 1.29 is 14.2 Å². The van der Waals surface area contributed by atoms with E-state index in [-0.39, 0.29) is 0 Å². The summed E-state index contributed by atoms with van der Waals surface area (Å²) in [6.07, 6.45) is 1.12. The number of rotatable bonds is 5. The van der Waals surface area contributed by atoms with Gasteiger partial charge in [0.15, 0.2) is 11.5 Å². The highest BCUT2D eigenvalue weighted by Gasteiger charge is 2.33. The Morgan fingerprint density at radius 3 is 2.20 bits per heavy atom. The molecule has 20 heavy (non-hydrogen) atoms. The van der Waals surface area contributed by atoms with Crippen LogP contribution in [0.2, 0.25) is 0 Å². The van der Waals surface area contributed by atoms with E-state index in [4.69, 9.17) is 19.9 Å². The Bertz CT molecular complexity index is 439. The van der Waals surface area contributed by atoms with Gasteiger partial charge in [0, 0.05) is 6.04 Å². The van der Waals surface area contributed by atoms with Crippen LogP contribution >= 0.6 is 0 Å². The van der Waals surface area contributed by atoms with Gasteiger partial charge in [0.2, 0.25) is 5.75 Å². The fourth-order valence-electron chi connectivity index (χ4n) is 3.07. The van der Waals surface area contributed by atoms with Gasteiger partial charge < -0.3 is 19.9 Å². The highest BCUT2D eigenvalue weighted by atomic mass is 16.5. The van der Waals surface area contributed by atoms with Crippen molar-refractivity contribution >= 4 is 0 Å². The van der Waals surface area contributed by atoms with Gasteiger partial charge in [0.25, 0.3) is 0 Å². The zero-order valence-corrected chi connectivity index (χ0v) is 12.7. The summed E-state index contributed by atoms with van der Waals surface area (Å²) in [4.78, 5) is 2.33. The van der Waals surface area contributed by atoms with Gasteiger partial charge in [-0.05, 0) is 50.2 Å². The Balaban J connectivity index is 2.46. The third-order valence-electron chi connectivity index (χ3n) is 4.11. The molecule has 2 atom stereocenters. The van der Waals surface area contributed by atoms with Crippen molar-refractivity contribution in [2.45, 2.75) is 12.5 Å². The van der Waals surface area contributed by atoms with Crippen LogP contribution in [0.3, 0.4) is 0 Å². The Morgan fingerprint density at radius 2 is 1.75 bits per heavy atom. The second-order valence-electron chi connectivity index (χ2n) is 5.17. The third kappa shape index (κ3) is 2.55. The molecule has 1 heterocycles. The van der Waals surface area contributed by atoms with Crippen molar-refractivity contribution in [2.75, 3.05) is 41.5 Å². The first-order valence-corrected chi connectivity index (χ1v) is 6.86. The lowest BCUT2D eigenvalue weighted by Gasteiger charge is -2.26. The minimum Gasteiger partial charge on any atom is -0.493 e. The minimum absolute atomic E-state index is 0.300. The highest BCUT2D eigenvalue weighted by molar-refractivity contribution is 5.54. The first-order valence-electron chi connectivity index (χ1n) is 6.86. The monoisotopic (exact) mass is 280 g/mol. The van der Waals surface area contributed by atoms with E-state index in [1.165, 1.54) is 0 Å². The van der Waals surface area contributed by atoms with Crippen molar-refractivity contribution in [3.8, 4) is 17.2 Å². The van der Waals surface area contributed by atoms with Crippen molar-refractivity contribution in [1.82, 2.24) is 4.90 Å². The Hall–Kier alpha value is -1.46. The summed E-state index contributed by atoms with van der Waals surface area (Å²) in [5.74, 6) is 2.47. The zero-order chi connectivity index (χ0) is 14.7. The average Bonchev–Trinajstić information content (AvgIpc) is 2.86. The van der Waals surface area contributed by atoms with Crippen LogP contribution in [0.25, 0.3) is 0 Å². The normalized spacial score (nSPS) is 22.9. The molecule has 2 N–H and O–H groups in total. The van der Waals surface area contributed by atoms with E-state index in [2.05, 4.69) is 11.9 Å². The summed E-state index contributed by atoms with van der Waals surface area (Å²) in [5.41, 5.74) is 7.07. The van der Waals surface area contributed by atoms with Crippen molar-refractivity contribution in [3.05, 3.63) is 17.7 Å². The molecule has 1 aliphatic rings. The lowest BCUT2D eigenvalue weighted by atomic mass is 9.93. The molecule has 2 unspecified atom stereocenters. The molecule has 0 aliphatic carbocycles. The minimum atomic E-state index is 0.300. The van der Waals surface area contributed by atoms with Crippen LogP contribution in [0.15, 0.2) is 12.1 Å². The average molecular weight is 280 g/mol. The van der Waals surface area contributed by atoms with Gasteiger partial charge in [-0.1, -0.05) is 0 Å². The Morgan fingerprint density at radius 1 is 1.15 bits per heavy atom. The summed E-state index contributed by atoms with van der Waals surface area (Å²) in [6.45, 7) is 1.74. The van der Waals surface area contributed by atoms with E-state index in [9.17, 15) is 0 Å². The molecule has 112 valence electrons. The van der Waals surface area contributed by atoms with Crippen molar-refractivity contribution in [3.63, 3.8) is 0 Å². The number of likely N-dealkylation sites (tertiary alicyclic amines) is 1. The maximum atomic E-state index is 5.91. The molecule has 5 heteroatoms. The lowest BCUT2D eigenvalue weighted by Crippen LogP contribution is -2.25. The molecule has 0 bridgehead atoms. The molecule has 2 rings (SSSR count). The highest BCUT2D eigenvalue weighted by Crippen LogP contribution is 2.44. The number of methoxy groups -OCH3 is 3. The largest absolute Gasteiger partial charge is 0.493 e. The van der Waals surface area contributed by atoms with Gasteiger partial charge >= 0.3 is 0 Å². The van der Waals surface area contributed by atoms with Gasteiger partial charge in [0.05, 0.1) is 21.3 Å². The van der Waals surface area contributed by atoms with Crippen LogP contribution in [-0.4, -0.2) is 46.4 Å². The molecule has 1 saturated heterocycles. The van der Waals surface area contributed by atoms with Crippen LogP contribution in [0.4, 0.5) is 0 Å². The van der Waals surface area contributed by atoms with Crippen LogP contribution in [0, 0.1) is 5.92 Å². The first kappa shape index (κ1) is 14.9. The third-order valence-corrected chi connectivity index (χ3v) is 4.11. The van der Waals surface area contributed by atoms with Crippen LogP contribution in [0.5, 0.6) is 17.2 Å². The summed E-state index contributed by atoms with van der Waals surface area (Å²) in [5, 5.41) is 0. The number of hydrogen-bond donors (Lipinski definition) is 1. The molecule has 1 aliphatic heterocycles. The predicted molar refractivity (Wildman–Crippen MR) is 78.6 cm³/mol. The number of nitrogens with zero attached hydrogens (tertiary/aromatic N) is 1. The molecule has 0 spiro atoms. The Labute approximate surface area is 120 Å². The molecular weight excluding hydrogens is 256 g/mol. The van der Waals surface area contributed by atoms with Crippen LogP contribution in [0.1, 0.15) is 18.0 Å². The van der Waals surface area contributed by atoms with Gasteiger partial charge in [0.1, 0.15) is 0 Å². The predicted octanol–water partition coefficient (Wildman–Crippen LogP) is 1.66. The maximum absolute atomic E-state index is 5.91. The van der Waals surface area contributed by atoms with E-state index in [1.807, 2.05) is 12.1 Å². The van der Waals surface area contributed by atoms with Gasteiger partial charge in [-0.3, -0.25) is 4.90 Å². The first-order chi connectivity index (χ1) is 9.65. The summed E-state index contributed by atoms with van der Waals surface area (Å²) >= 11 is 0. The summed E-state index contributed by atoms with van der Waals surface area (Å²) in [6, 6.07) is 4.35. The zero-order valence-electron chi connectivity index (χ0n) is 12.7. The van der Waals surface area contributed by atoms with Crippen LogP contribution in [-0.2, 0) is 0 Å². The molecule has 1 aromatic carbocycles. The SMILES string of the molecule is COc1cc(C2C(CN)CCN2C)cc(OC)c1OC. The number of benzene rings is 1. The van der Waals surface area contributed by atoms with Crippen molar-refractivity contribution in [2.24, 2.45) is 11.7 Å². The fourth-order valence-corrected chi connectivity index (χ4v) is 3.07. The molecule has 5 nitrogen and oxygen atoms in total. The van der Waals surface area contributed by atoms with Gasteiger partial charge in [-0.15, -0.1) is 0 Å². The molecule has 0 saturated carbocycles. The van der Waals surface area contributed by atoms with E-state index in [0.29, 0.717) is 35.8 Å². The van der Waals surface area contributed by atoms with Crippen molar-refractivity contribution in [1.29, 1.82) is 0 Å². The maximum Gasteiger partial charge on any atom is 0.203 e. The van der Waals surface area contributed by atoms with Crippen LogP contribution < -0.4 is 19.9 Å². The van der Waals surface area contributed by atoms with Gasteiger partial charge in [-0.2, -0.15) is 0 Å². The molecule has 1 fully saturated rings. The molecule has 0 radical (unpaired) electrons. The van der Waals surface area contributed by atoms with E-state index in [1.54, 1.807) is 21.3 Å². The van der Waals surface area contributed by atoms with Gasteiger partial charge in [-0.25, -0.2) is 0 Å². The second kappa shape index (κ2) is 6.33. The topological polar surface area (TPSA) is 57.0 Å². The number of hydrogen-bond acceptors (Lipinski definition) is 5. The van der Waals surface area contributed by atoms with E-state index >= 15 is 0 Å². The number of ether oxygens (including phenoxy) is 3. The summed E-state index contributed by atoms with van der Waals surface area (Å²) < 4.78 is 16.2.